The van der Waals surface area contributed by atoms with E-state index in [0.29, 0.717) is 12.5 Å². The van der Waals surface area contributed by atoms with Crippen molar-refractivity contribution in [1.82, 2.24) is 5.32 Å². The van der Waals surface area contributed by atoms with Crippen LogP contribution in [0.3, 0.4) is 0 Å². The number of carbonyl (C=O) groups is 2. The first kappa shape index (κ1) is 12.0. The smallest absolute Gasteiger partial charge is 0.309 e. The van der Waals surface area contributed by atoms with E-state index < -0.39 is 0 Å². The maximum atomic E-state index is 11.4. The molecule has 86 valence electrons. The van der Waals surface area contributed by atoms with Crippen LogP contribution in [0.15, 0.2) is 0 Å². The standard InChI is InChI=1S/C11H19NO3/c1-7(13)12-6-8-5-9(10(14)15-4)11(8,2)3/h8-9H,5-6H2,1-4H3,(H,12,13)/t8-,9+/m1/s1. The van der Waals surface area contributed by atoms with E-state index in [9.17, 15) is 9.59 Å². The van der Waals surface area contributed by atoms with Crippen LogP contribution in [0.4, 0.5) is 0 Å². The number of amides is 1. The largest absolute Gasteiger partial charge is 0.469 e. The zero-order chi connectivity index (χ0) is 11.6. The van der Waals surface area contributed by atoms with Crippen molar-refractivity contribution in [2.24, 2.45) is 17.3 Å². The Hall–Kier alpha value is -1.06. The Morgan fingerprint density at radius 1 is 1.47 bits per heavy atom. The summed E-state index contributed by atoms with van der Waals surface area (Å²) in [6.45, 7) is 6.24. The third-order valence-corrected chi connectivity index (χ3v) is 3.55. The van der Waals surface area contributed by atoms with Gasteiger partial charge in [-0.3, -0.25) is 9.59 Å². The molecule has 1 fully saturated rings. The van der Waals surface area contributed by atoms with Crippen molar-refractivity contribution in [2.45, 2.75) is 27.2 Å². The number of hydrogen-bond donors (Lipinski definition) is 1. The summed E-state index contributed by atoms with van der Waals surface area (Å²) in [4.78, 5) is 22.2. The number of ether oxygens (including phenoxy) is 1. The van der Waals surface area contributed by atoms with Crippen molar-refractivity contribution in [1.29, 1.82) is 0 Å². The molecular weight excluding hydrogens is 194 g/mol. The summed E-state index contributed by atoms with van der Waals surface area (Å²) in [7, 11) is 1.42. The molecular formula is C11H19NO3. The minimum absolute atomic E-state index is 0.0210. The van der Waals surface area contributed by atoms with Gasteiger partial charge >= 0.3 is 5.97 Å². The number of carbonyl (C=O) groups excluding carboxylic acids is 2. The molecule has 1 N–H and O–H groups in total. The van der Waals surface area contributed by atoms with Gasteiger partial charge in [0, 0.05) is 13.5 Å². The van der Waals surface area contributed by atoms with Gasteiger partial charge in [-0.15, -0.1) is 0 Å². The molecule has 0 aromatic carbocycles. The van der Waals surface area contributed by atoms with E-state index in [2.05, 4.69) is 5.32 Å². The molecule has 0 aromatic heterocycles. The van der Waals surface area contributed by atoms with Crippen molar-refractivity contribution in [3.63, 3.8) is 0 Å². The molecule has 0 aliphatic heterocycles. The fraction of sp³-hybridized carbons (Fsp3) is 0.818. The molecule has 4 heteroatoms. The van der Waals surface area contributed by atoms with Crippen LogP contribution in [0, 0.1) is 17.3 Å². The Kier molecular flexibility index (Phi) is 3.37. The summed E-state index contributed by atoms with van der Waals surface area (Å²) < 4.78 is 4.74. The van der Waals surface area contributed by atoms with Gasteiger partial charge in [-0.05, 0) is 17.8 Å². The molecule has 4 nitrogen and oxygen atoms in total. The Morgan fingerprint density at radius 2 is 2.07 bits per heavy atom. The van der Waals surface area contributed by atoms with E-state index in [1.807, 2.05) is 13.8 Å². The first-order valence-electron chi connectivity index (χ1n) is 5.21. The Balaban J connectivity index is 2.48. The van der Waals surface area contributed by atoms with Crippen LogP contribution < -0.4 is 5.32 Å². The zero-order valence-electron chi connectivity index (χ0n) is 9.79. The molecule has 2 atom stereocenters. The van der Waals surface area contributed by atoms with E-state index in [-0.39, 0.29) is 23.2 Å². The summed E-state index contributed by atoms with van der Waals surface area (Å²) in [5.41, 5.74) is -0.0739. The van der Waals surface area contributed by atoms with Crippen molar-refractivity contribution in [3.8, 4) is 0 Å². The van der Waals surface area contributed by atoms with Gasteiger partial charge in [-0.1, -0.05) is 13.8 Å². The molecule has 0 spiro atoms. The lowest BCUT2D eigenvalue weighted by Gasteiger charge is -2.50. The van der Waals surface area contributed by atoms with Gasteiger partial charge in [0.25, 0.3) is 0 Å². The minimum atomic E-state index is -0.140. The van der Waals surface area contributed by atoms with Crippen LogP contribution in [0.2, 0.25) is 0 Å². The number of hydrogen-bond acceptors (Lipinski definition) is 3. The van der Waals surface area contributed by atoms with Gasteiger partial charge in [0.15, 0.2) is 0 Å². The summed E-state index contributed by atoms with van der Waals surface area (Å²) >= 11 is 0. The lowest BCUT2D eigenvalue weighted by Crippen LogP contribution is -2.53. The fourth-order valence-electron chi connectivity index (χ4n) is 2.17. The van der Waals surface area contributed by atoms with Gasteiger partial charge < -0.3 is 10.1 Å². The van der Waals surface area contributed by atoms with Crippen molar-refractivity contribution < 1.29 is 14.3 Å². The molecule has 0 unspecified atom stereocenters. The Morgan fingerprint density at radius 3 is 2.47 bits per heavy atom. The topological polar surface area (TPSA) is 55.4 Å². The highest BCUT2D eigenvalue weighted by atomic mass is 16.5. The lowest BCUT2D eigenvalue weighted by atomic mass is 9.54. The first-order chi connectivity index (χ1) is 6.89. The van der Waals surface area contributed by atoms with Crippen LogP contribution >= 0.6 is 0 Å². The Labute approximate surface area is 90.4 Å². The van der Waals surface area contributed by atoms with Crippen molar-refractivity contribution in [3.05, 3.63) is 0 Å². The number of rotatable bonds is 3. The van der Waals surface area contributed by atoms with E-state index in [1.165, 1.54) is 14.0 Å². The number of esters is 1. The van der Waals surface area contributed by atoms with Crippen LogP contribution in [-0.4, -0.2) is 25.5 Å². The van der Waals surface area contributed by atoms with Gasteiger partial charge in [0.2, 0.25) is 5.91 Å². The molecule has 0 heterocycles. The molecule has 0 saturated heterocycles. The van der Waals surface area contributed by atoms with Crippen molar-refractivity contribution in [2.75, 3.05) is 13.7 Å². The molecule has 0 bridgehead atoms. The summed E-state index contributed by atoms with van der Waals surface area (Å²) in [6, 6.07) is 0. The SMILES string of the molecule is COC(=O)[C@@H]1C[C@H](CNC(C)=O)C1(C)C. The predicted molar refractivity (Wildman–Crippen MR) is 56.1 cm³/mol. The highest BCUT2D eigenvalue weighted by Gasteiger charge is 2.51. The second kappa shape index (κ2) is 4.21. The van der Waals surface area contributed by atoms with E-state index in [4.69, 9.17) is 4.74 Å². The zero-order valence-corrected chi connectivity index (χ0v) is 9.79. The van der Waals surface area contributed by atoms with Gasteiger partial charge in [0.05, 0.1) is 13.0 Å². The highest BCUT2D eigenvalue weighted by molar-refractivity contribution is 5.75. The summed E-state index contributed by atoms with van der Waals surface area (Å²) in [5.74, 6) is 0.179. The molecule has 1 aliphatic rings. The maximum Gasteiger partial charge on any atom is 0.309 e. The normalized spacial score (nSPS) is 27.7. The summed E-state index contributed by atoms with van der Waals surface area (Å²) in [5, 5.41) is 2.79. The monoisotopic (exact) mass is 213 g/mol. The third kappa shape index (κ3) is 2.30. The third-order valence-electron chi connectivity index (χ3n) is 3.55. The van der Waals surface area contributed by atoms with E-state index in [0.717, 1.165) is 6.42 Å². The molecule has 1 aliphatic carbocycles. The van der Waals surface area contributed by atoms with Crippen LogP contribution in [0.5, 0.6) is 0 Å². The number of nitrogens with one attached hydrogen (secondary N) is 1. The summed E-state index contributed by atoms with van der Waals surface area (Å²) in [6.07, 6.45) is 0.806. The fourth-order valence-corrected chi connectivity index (χ4v) is 2.17. The highest BCUT2D eigenvalue weighted by Crippen LogP contribution is 2.51. The van der Waals surface area contributed by atoms with Crippen LogP contribution in [0.25, 0.3) is 0 Å². The lowest BCUT2D eigenvalue weighted by molar-refractivity contribution is -0.162. The first-order valence-corrected chi connectivity index (χ1v) is 5.21. The quantitative estimate of drug-likeness (QED) is 0.710. The van der Waals surface area contributed by atoms with E-state index >= 15 is 0 Å². The molecule has 1 saturated carbocycles. The average molecular weight is 213 g/mol. The van der Waals surface area contributed by atoms with Crippen LogP contribution in [0.1, 0.15) is 27.2 Å². The molecule has 0 aromatic rings. The second-order valence-corrected chi connectivity index (χ2v) is 4.77. The number of methoxy groups -OCH3 is 1. The average Bonchev–Trinajstić information content (AvgIpc) is 2.15. The van der Waals surface area contributed by atoms with Gasteiger partial charge in [-0.2, -0.15) is 0 Å². The predicted octanol–water partition coefficient (Wildman–Crippen LogP) is 0.958. The van der Waals surface area contributed by atoms with E-state index in [1.54, 1.807) is 0 Å². The van der Waals surface area contributed by atoms with Gasteiger partial charge in [-0.25, -0.2) is 0 Å². The minimum Gasteiger partial charge on any atom is -0.469 e. The molecule has 1 amide bonds. The van der Waals surface area contributed by atoms with Crippen LogP contribution in [-0.2, 0) is 14.3 Å². The molecule has 15 heavy (non-hydrogen) atoms. The maximum absolute atomic E-state index is 11.4. The molecule has 0 radical (unpaired) electrons. The second-order valence-electron chi connectivity index (χ2n) is 4.77. The van der Waals surface area contributed by atoms with Gasteiger partial charge in [0.1, 0.15) is 0 Å². The van der Waals surface area contributed by atoms with Crippen molar-refractivity contribution >= 4 is 11.9 Å². The Bertz CT molecular complexity index is 273. The molecule has 1 rings (SSSR count).